The molecule has 0 N–H and O–H groups in total. The van der Waals surface area contributed by atoms with Gasteiger partial charge in [-0.1, -0.05) is 42.5 Å². The van der Waals surface area contributed by atoms with Gasteiger partial charge in [-0.2, -0.15) is 5.10 Å². The highest BCUT2D eigenvalue weighted by atomic mass is 19.1. The van der Waals surface area contributed by atoms with Crippen LogP contribution in [-0.4, -0.2) is 24.4 Å². The third kappa shape index (κ3) is 2.64. The van der Waals surface area contributed by atoms with Crippen LogP contribution in [0, 0.1) is 5.82 Å². The molecule has 7 heteroatoms. The minimum Gasteiger partial charge on any atom is -0.309 e. The summed E-state index contributed by atoms with van der Waals surface area (Å²) in [6, 6.07) is 17.6. The molecular weight excluding hydrogens is 357 g/mol. The predicted molar refractivity (Wildman–Crippen MR) is 103 cm³/mol. The van der Waals surface area contributed by atoms with Crippen molar-refractivity contribution >= 4 is 16.7 Å². The highest BCUT2D eigenvalue weighted by Gasteiger charge is 2.14. The lowest BCUT2D eigenvalue weighted by Gasteiger charge is -2.07. The fraction of sp³-hybridized carbons (Fsp3) is 0.0476. The molecule has 0 unspecified atom stereocenters. The lowest BCUT2D eigenvalue weighted by Crippen LogP contribution is -2.22. The van der Waals surface area contributed by atoms with E-state index in [4.69, 9.17) is 0 Å². The van der Waals surface area contributed by atoms with Crippen LogP contribution in [0.2, 0.25) is 0 Å². The molecule has 0 aliphatic heterocycles. The first-order valence-electron chi connectivity index (χ1n) is 8.74. The number of hydrogen-bond acceptors (Lipinski definition) is 4. The predicted octanol–water partition coefficient (Wildman–Crippen LogP) is 3.29. The molecule has 0 atom stereocenters. The van der Waals surface area contributed by atoms with E-state index in [1.807, 2.05) is 36.4 Å². The molecule has 2 aromatic carbocycles. The Balaban J connectivity index is 1.64. The minimum absolute atomic E-state index is 0.227. The summed E-state index contributed by atoms with van der Waals surface area (Å²) in [5, 5.41) is 12.8. The minimum atomic E-state index is -0.310. The Bertz CT molecular complexity index is 1360. The first kappa shape index (κ1) is 16.3. The van der Waals surface area contributed by atoms with Gasteiger partial charge in [0, 0.05) is 11.8 Å². The summed E-state index contributed by atoms with van der Waals surface area (Å²) in [4.78, 5) is 12.9. The van der Waals surface area contributed by atoms with Crippen molar-refractivity contribution in [3.8, 4) is 11.1 Å². The van der Waals surface area contributed by atoms with E-state index in [2.05, 4.69) is 15.3 Å². The Morgan fingerprint density at radius 2 is 1.71 bits per heavy atom. The lowest BCUT2D eigenvalue weighted by molar-refractivity contribution is 0.628. The van der Waals surface area contributed by atoms with Gasteiger partial charge in [0.25, 0.3) is 5.56 Å². The lowest BCUT2D eigenvalue weighted by atomic mass is 10.1. The number of benzene rings is 2. The number of pyridine rings is 1. The molecule has 5 rings (SSSR count). The molecular formula is C21H14FN5O. The normalized spacial score (nSPS) is 11.3. The number of rotatable bonds is 3. The Morgan fingerprint density at radius 1 is 0.929 bits per heavy atom. The number of halogens is 1. The SMILES string of the molecule is O=c1c2nnc3c(-c4ccc(F)cc4)cnn3c2ccn1Cc1ccccc1. The van der Waals surface area contributed by atoms with E-state index in [1.54, 1.807) is 33.6 Å². The van der Waals surface area contributed by atoms with Crippen molar-refractivity contribution in [3.63, 3.8) is 0 Å². The average molecular weight is 371 g/mol. The first-order chi connectivity index (χ1) is 13.7. The second-order valence-corrected chi connectivity index (χ2v) is 6.47. The Morgan fingerprint density at radius 3 is 2.50 bits per heavy atom. The molecule has 0 aliphatic carbocycles. The van der Waals surface area contributed by atoms with Gasteiger partial charge in [-0.3, -0.25) is 4.79 Å². The fourth-order valence-corrected chi connectivity index (χ4v) is 3.27. The summed E-state index contributed by atoms with van der Waals surface area (Å²) in [6.07, 6.45) is 3.38. The quantitative estimate of drug-likeness (QED) is 0.488. The fourth-order valence-electron chi connectivity index (χ4n) is 3.27. The van der Waals surface area contributed by atoms with Crippen molar-refractivity contribution in [1.82, 2.24) is 24.4 Å². The van der Waals surface area contributed by atoms with Gasteiger partial charge in [-0.15, -0.1) is 10.2 Å². The molecule has 0 fully saturated rings. The van der Waals surface area contributed by atoms with E-state index >= 15 is 0 Å². The molecule has 0 spiro atoms. The Kier molecular flexibility index (Phi) is 3.72. The maximum Gasteiger partial charge on any atom is 0.280 e. The van der Waals surface area contributed by atoms with Crippen LogP contribution in [0.4, 0.5) is 4.39 Å². The van der Waals surface area contributed by atoms with Crippen LogP contribution in [0.1, 0.15) is 5.56 Å². The second kappa shape index (κ2) is 6.38. The molecule has 0 radical (unpaired) electrons. The highest BCUT2D eigenvalue weighted by Crippen LogP contribution is 2.24. The summed E-state index contributed by atoms with van der Waals surface area (Å²) in [5.74, 6) is -0.310. The van der Waals surface area contributed by atoms with Gasteiger partial charge in [-0.05, 0) is 29.3 Å². The van der Waals surface area contributed by atoms with E-state index in [9.17, 15) is 9.18 Å². The Labute approximate surface area is 158 Å². The van der Waals surface area contributed by atoms with Crippen LogP contribution in [0.5, 0.6) is 0 Å². The van der Waals surface area contributed by atoms with Crippen molar-refractivity contribution in [2.24, 2.45) is 0 Å². The van der Waals surface area contributed by atoms with Crippen molar-refractivity contribution in [2.45, 2.75) is 6.54 Å². The molecule has 5 aromatic rings. The maximum absolute atomic E-state index is 13.2. The zero-order valence-corrected chi connectivity index (χ0v) is 14.7. The summed E-state index contributed by atoms with van der Waals surface area (Å²) < 4.78 is 16.4. The van der Waals surface area contributed by atoms with Gasteiger partial charge < -0.3 is 4.57 Å². The van der Waals surface area contributed by atoms with E-state index in [-0.39, 0.29) is 16.9 Å². The van der Waals surface area contributed by atoms with Crippen LogP contribution in [0.25, 0.3) is 27.8 Å². The number of hydrogen-bond donors (Lipinski definition) is 0. The van der Waals surface area contributed by atoms with Crippen LogP contribution in [0.3, 0.4) is 0 Å². The van der Waals surface area contributed by atoms with Gasteiger partial charge in [0.1, 0.15) is 11.3 Å². The third-order valence-corrected chi connectivity index (χ3v) is 4.69. The van der Waals surface area contributed by atoms with Crippen LogP contribution in [0.15, 0.2) is 77.9 Å². The molecule has 3 heterocycles. The maximum atomic E-state index is 13.2. The van der Waals surface area contributed by atoms with Crippen molar-refractivity contribution in [2.75, 3.05) is 0 Å². The van der Waals surface area contributed by atoms with Crippen molar-refractivity contribution < 1.29 is 4.39 Å². The second-order valence-electron chi connectivity index (χ2n) is 6.47. The van der Waals surface area contributed by atoms with E-state index in [0.29, 0.717) is 17.7 Å². The van der Waals surface area contributed by atoms with Gasteiger partial charge in [0.05, 0.1) is 12.7 Å². The van der Waals surface area contributed by atoms with E-state index in [1.165, 1.54) is 12.1 Å². The van der Waals surface area contributed by atoms with E-state index in [0.717, 1.165) is 16.7 Å². The standard InChI is InChI=1S/C21H14FN5O/c22-16-8-6-15(7-9-16)17-12-23-27-18-10-11-26(13-14-4-2-1-3-5-14)21(28)19(18)24-25-20(17)27/h1-12H,13H2. The largest absolute Gasteiger partial charge is 0.309 e. The van der Waals surface area contributed by atoms with Crippen molar-refractivity contribution in [3.05, 3.63) is 94.8 Å². The molecule has 0 bridgehead atoms. The molecule has 0 amide bonds. The number of nitrogens with zero attached hydrogens (tertiary/aromatic N) is 5. The number of fused-ring (bicyclic) bond motifs is 3. The molecule has 0 saturated carbocycles. The average Bonchev–Trinajstić information content (AvgIpc) is 3.16. The van der Waals surface area contributed by atoms with Gasteiger partial charge >= 0.3 is 0 Å². The van der Waals surface area contributed by atoms with E-state index < -0.39 is 0 Å². The Hall–Kier alpha value is -3.87. The molecule has 0 saturated heterocycles. The molecule has 136 valence electrons. The monoisotopic (exact) mass is 371 g/mol. The smallest absolute Gasteiger partial charge is 0.280 e. The topological polar surface area (TPSA) is 65.1 Å². The zero-order chi connectivity index (χ0) is 19.1. The highest BCUT2D eigenvalue weighted by molar-refractivity contribution is 5.82. The first-order valence-corrected chi connectivity index (χ1v) is 8.74. The van der Waals surface area contributed by atoms with Crippen LogP contribution >= 0.6 is 0 Å². The molecule has 6 nitrogen and oxygen atoms in total. The van der Waals surface area contributed by atoms with Gasteiger partial charge in [-0.25, -0.2) is 8.91 Å². The zero-order valence-electron chi connectivity index (χ0n) is 14.7. The summed E-state index contributed by atoms with van der Waals surface area (Å²) in [5.41, 5.74) is 3.64. The number of aromatic nitrogens is 5. The van der Waals surface area contributed by atoms with Crippen molar-refractivity contribution in [1.29, 1.82) is 0 Å². The van der Waals surface area contributed by atoms with Crippen LogP contribution in [-0.2, 0) is 6.54 Å². The molecule has 28 heavy (non-hydrogen) atoms. The summed E-state index contributed by atoms with van der Waals surface area (Å²) in [6.45, 7) is 0.454. The molecule has 0 aliphatic rings. The molecule has 3 aromatic heterocycles. The van der Waals surface area contributed by atoms with Gasteiger partial charge in [0.15, 0.2) is 11.2 Å². The van der Waals surface area contributed by atoms with Crippen LogP contribution < -0.4 is 5.56 Å². The summed E-state index contributed by atoms with van der Waals surface area (Å²) in [7, 11) is 0. The third-order valence-electron chi connectivity index (χ3n) is 4.69. The summed E-state index contributed by atoms with van der Waals surface area (Å²) >= 11 is 0. The van der Waals surface area contributed by atoms with Gasteiger partial charge in [0.2, 0.25) is 0 Å².